The molecular weight excluding hydrogens is 271 g/mol. The van der Waals surface area contributed by atoms with Gasteiger partial charge in [-0.15, -0.1) is 0 Å². The van der Waals surface area contributed by atoms with E-state index in [1.54, 1.807) is 6.07 Å². The number of pyridine rings is 1. The molecule has 0 aliphatic carbocycles. The fraction of sp³-hybridized carbons (Fsp3) is 0. The highest BCUT2D eigenvalue weighted by Crippen LogP contribution is 2.28. The molecule has 0 aliphatic heterocycles. The number of fused-ring (bicyclic) bond motifs is 1. The van der Waals surface area contributed by atoms with Crippen LogP contribution in [-0.4, -0.2) is 20.8 Å². The molecule has 72 valence electrons. The SMILES string of the molecule is O=C(O)n1ccc2c(Br)ncc(Cl)c21. The van der Waals surface area contributed by atoms with Crippen LogP contribution < -0.4 is 0 Å². The number of halogens is 2. The molecule has 2 heterocycles. The molecule has 0 fully saturated rings. The summed E-state index contributed by atoms with van der Waals surface area (Å²) in [4.78, 5) is 14.8. The van der Waals surface area contributed by atoms with Crippen molar-refractivity contribution in [2.24, 2.45) is 0 Å². The van der Waals surface area contributed by atoms with Gasteiger partial charge in [-0.2, -0.15) is 0 Å². The molecular formula is C8H4BrClN2O2. The fourth-order valence-corrected chi connectivity index (χ4v) is 1.91. The molecule has 0 saturated carbocycles. The third-order valence-corrected chi connectivity index (χ3v) is 2.74. The van der Waals surface area contributed by atoms with Crippen LogP contribution >= 0.6 is 27.5 Å². The summed E-state index contributed by atoms with van der Waals surface area (Å²) in [5.41, 5.74) is 0.445. The van der Waals surface area contributed by atoms with E-state index in [-0.39, 0.29) is 0 Å². The molecule has 0 spiro atoms. The molecule has 0 aromatic carbocycles. The Kier molecular flexibility index (Phi) is 2.20. The highest BCUT2D eigenvalue weighted by Gasteiger charge is 2.12. The maximum absolute atomic E-state index is 10.8. The first-order valence-electron chi connectivity index (χ1n) is 3.65. The maximum atomic E-state index is 10.8. The first-order chi connectivity index (χ1) is 6.61. The monoisotopic (exact) mass is 274 g/mol. The van der Waals surface area contributed by atoms with E-state index in [0.29, 0.717) is 20.5 Å². The van der Waals surface area contributed by atoms with E-state index in [0.717, 1.165) is 4.57 Å². The molecule has 1 N–H and O–H groups in total. The van der Waals surface area contributed by atoms with Crippen molar-refractivity contribution in [3.63, 3.8) is 0 Å². The van der Waals surface area contributed by atoms with Gasteiger partial charge in [0.1, 0.15) is 4.60 Å². The molecule has 0 unspecified atom stereocenters. The lowest BCUT2D eigenvalue weighted by Gasteiger charge is -2.00. The zero-order valence-corrected chi connectivity index (χ0v) is 9.08. The second-order valence-corrected chi connectivity index (χ2v) is 3.79. The Labute approximate surface area is 92.2 Å². The van der Waals surface area contributed by atoms with Gasteiger partial charge >= 0.3 is 6.09 Å². The van der Waals surface area contributed by atoms with Gasteiger partial charge in [-0.1, -0.05) is 11.6 Å². The molecule has 0 radical (unpaired) electrons. The first-order valence-corrected chi connectivity index (χ1v) is 4.82. The second kappa shape index (κ2) is 3.25. The van der Waals surface area contributed by atoms with Crippen LogP contribution in [0.3, 0.4) is 0 Å². The van der Waals surface area contributed by atoms with Gasteiger partial charge < -0.3 is 5.11 Å². The molecule has 0 bridgehead atoms. The van der Waals surface area contributed by atoms with Crippen molar-refractivity contribution in [3.8, 4) is 0 Å². The summed E-state index contributed by atoms with van der Waals surface area (Å²) in [6, 6.07) is 1.65. The third kappa shape index (κ3) is 1.29. The van der Waals surface area contributed by atoms with Gasteiger partial charge in [0.05, 0.1) is 10.5 Å². The van der Waals surface area contributed by atoms with Crippen LogP contribution in [0.4, 0.5) is 4.79 Å². The van der Waals surface area contributed by atoms with Crippen LogP contribution in [0, 0.1) is 0 Å². The van der Waals surface area contributed by atoms with Crippen molar-refractivity contribution in [1.29, 1.82) is 0 Å². The van der Waals surface area contributed by atoms with Crippen molar-refractivity contribution in [1.82, 2.24) is 9.55 Å². The number of rotatable bonds is 0. The maximum Gasteiger partial charge on any atom is 0.416 e. The Morgan fingerprint density at radius 2 is 2.36 bits per heavy atom. The number of hydrogen-bond donors (Lipinski definition) is 1. The van der Waals surface area contributed by atoms with Crippen LogP contribution in [0.2, 0.25) is 5.02 Å². The Morgan fingerprint density at radius 1 is 1.64 bits per heavy atom. The predicted molar refractivity (Wildman–Crippen MR) is 55.9 cm³/mol. The largest absolute Gasteiger partial charge is 0.464 e. The zero-order valence-electron chi connectivity index (χ0n) is 6.74. The van der Waals surface area contributed by atoms with E-state index in [4.69, 9.17) is 16.7 Å². The average Bonchev–Trinajstić information content (AvgIpc) is 2.56. The summed E-state index contributed by atoms with van der Waals surface area (Å²) in [6.45, 7) is 0. The third-order valence-electron chi connectivity index (χ3n) is 1.83. The lowest BCUT2D eigenvalue weighted by atomic mass is 10.3. The van der Waals surface area contributed by atoms with Gasteiger partial charge in [0, 0.05) is 17.8 Å². The van der Waals surface area contributed by atoms with E-state index in [9.17, 15) is 4.79 Å². The molecule has 6 heteroatoms. The van der Waals surface area contributed by atoms with Crippen molar-refractivity contribution in [2.75, 3.05) is 0 Å². The summed E-state index contributed by atoms with van der Waals surface area (Å²) >= 11 is 9.07. The summed E-state index contributed by atoms with van der Waals surface area (Å²) in [5, 5.41) is 9.85. The molecule has 2 aromatic rings. The van der Waals surface area contributed by atoms with Crippen molar-refractivity contribution < 1.29 is 9.90 Å². The molecule has 14 heavy (non-hydrogen) atoms. The summed E-state index contributed by atoms with van der Waals surface area (Å²) in [6.07, 6.45) is 1.78. The first kappa shape index (κ1) is 9.48. The van der Waals surface area contributed by atoms with E-state index >= 15 is 0 Å². The fourth-order valence-electron chi connectivity index (χ4n) is 1.25. The topological polar surface area (TPSA) is 55.1 Å². The summed E-state index contributed by atoms with van der Waals surface area (Å²) in [7, 11) is 0. The standard InChI is InChI=1S/C8H4BrClN2O2/c9-7-4-1-2-12(8(13)14)6(4)5(10)3-11-7/h1-3H,(H,13,14). The smallest absolute Gasteiger partial charge is 0.416 e. The van der Waals surface area contributed by atoms with E-state index in [1.165, 1.54) is 12.4 Å². The Morgan fingerprint density at radius 3 is 3.00 bits per heavy atom. The van der Waals surface area contributed by atoms with Gasteiger partial charge in [-0.25, -0.2) is 9.78 Å². The van der Waals surface area contributed by atoms with Gasteiger partial charge in [-0.3, -0.25) is 4.57 Å². The quantitative estimate of drug-likeness (QED) is 0.752. The van der Waals surface area contributed by atoms with Crippen molar-refractivity contribution in [3.05, 3.63) is 28.1 Å². The van der Waals surface area contributed by atoms with Crippen LogP contribution in [-0.2, 0) is 0 Å². The van der Waals surface area contributed by atoms with Crippen LogP contribution in [0.15, 0.2) is 23.1 Å². The minimum absolute atomic E-state index is 0.315. The van der Waals surface area contributed by atoms with Crippen molar-refractivity contribution in [2.45, 2.75) is 0 Å². The Hall–Kier alpha value is -1.07. The second-order valence-electron chi connectivity index (χ2n) is 2.63. The van der Waals surface area contributed by atoms with Crippen LogP contribution in [0.5, 0.6) is 0 Å². The van der Waals surface area contributed by atoms with Crippen LogP contribution in [0.25, 0.3) is 10.9 Å². The number of carbonyl (C=O) groups is 1. The summed E-state index contributed by atoms with van der Waals surface area (Å²) in [5.74, 6) is 0. The van der Waals surface area contributed by atoms with Gasteiger partial charge in [0.25, 0.3) is 0 Å². The zero-order chi connectivity index (χ0) is 10.3. The lowest BCUT2D eigenvalue weighted by molar-refractivity contribution is 0.197. The Balaban J connectivity index is 2.90. The van der Waals surface area contributed by atoms with Gasteiger partial charge in [-0.05, 0) is 22.0 Å². The lowest BCUT2D eigenvalue weighted by Crippen LogP contribution is -2.05. The molecule has 0 amide bonds. The summed E-state index contributed by atoms with van der Waals surface area (Å²) < 4.78 is 1.64. The number of nitrogens with zero attached hydrogens (tertiary/aromatic N) is 2. The predicted octanol–water partition coefficient (Wildman–Crippen LogP) is 2.98. The molecule has 2 aromatic heterocycles. The average molecular weight is 275 g/mol. The number of aromatic nitrogens is 2. The normalized spacial score (nSPS) is 10.7. The van der Waals surface area contributed by atoms with Gasteiger partial charge in [0.2, 0.25) is 0 Å². The molecule has 2 rings (SSSR count). The van der Waals surface area contributed by atoms with E-state index < -0.39 is 6.09 Å². The van der Waals surface area contributed by atoms with Gasteiger partial charge in [0.15, 0.2) is 0 Å². The highest BCUT2D eigenvalue weighted by molar-refractivity contribution is 9.10. The van der Waals surface area contributed by atoms with Crippen LogP contribution in [0.1, 0.15) is 0 Å². The minimum Gasteiger partial charge on any atom is -0.464 e. The molecule has 0 atom stereocenters. The minimum atomic E-state index is -1.07. The highest BCUT2D eigenvalue weighted by atomic mass is 79.9. The van der Waals surface area contributed by atoms with E-state index in [1.807, 2.05) is 0 Å². The molecule has 4 nitrogen and oxygen atoms in total. The molecule has 0 aliphatic rings. The molecule has 0 saturated heterocycles. The number of carboxylic acid groups (broad SMARTS) is 1. The number of hydrogen-bond acceptors (Lipinski definition) is 2. The van der Waals surface area contributed by atoms with Crippen molar-refractivity contribution >= 4 is 44.5 Å². The van der Waals surface area contributed by atoms with E-state index in [2.05, 4.69) is 20.9 Å². The Bertz CT molecular complexity index is 523.